The van der Waals surface area contributed by atoms with Crippen molar-refractivity contribution in [3.63, 3.8) is 0 Å². The Kier molecular flexibility index (Phi) is 7.15. The summed E-state index contributed by atoms with van der Waals surface area (Å²) >= 11 is 5.26. The number of benzene rings is 2. The molecule has 2 aromatic rings. The van der Waals surface area contributed by atoms with E-state index in [0.29, 0.717) is 11.3 Å². The Morgan fingerprint density at radius 3 is 2.56 bits per heavy atom. The Hall–Kier alpha value is -3.11. The van der Waals surface area contributed by atoms with Gasteiger partial charge in [0.15, 0.2) is 11.2 Å². The van der Waals surface area contributed by atoms with Gasteiger partial charge < -0.3 is 10.1 Å². The summed E-state index contributed by atoms with van der Waals surface area (Å²) in [5.41, 5.74) is 8.90. The Morgan fingerprint density at radius 2 is 1.93 bits per heavy atom. The highest BCUT2D eigenvalue weighted by Gasteiger charge is 2.15. The lowest BCUT2D eigenvalue weighted by atomic mass is 10.1. The number of nitrogens with zero attached hydrogens (tertiary/aromatic N) is 1. The molecule has 0 heterocycles. The summed E-state index contributed by atoms with van der Waals surface area (Å²) in [4.78, 5) is 12.2. The van der Waals surface area contributed by atoms with E-state index in [1.165, 1.54) is 0 Å². The van der Waals surface area contributed by atoms with E-state index >= 15 is 0 Å². The van der Waals surface area contributed by atoms with Gasteiger partial charge >= 0.3 is 0 Å². The minimum absolute atomic E-state index is 0.290. The van der Waals surface area contributed by atoms with E-state index in [2.05, 4.69) is 23.1 Å². The minimum Gasteiger partial charge on any atom is -0.481 e. The van der Waals surface area contributed by atoms with Gasteiger partial charge in [-0.2, -0.15) is 5.26 Å². The number of thiocarbonyl (C=S) groups is 1. The Bertz CT molecular complexity index is 859. The van der Waals surface area contributed by atoms with Gasteiger partial charge in [-0.1, -0.05) is 25.1 Å². The summed E-state index contributed by atoms with van der Waals surface area (Å²) in [6.07, 6.45) is 0.131. The number of hydrazine groups is 1. The van der Waals surface area contributed by atoms with Crippen LogP contribution in [0.1, 0.15) is 30.5 Å². The number of nitriles is 1. The molecule has 0 saturated heterocycles. The summed E-state index contributed by atoms with van der Waals surface area (Å²) < 4.78 is 5.56. The summed E-state index contributed by atoms with van der Waals surface area (Å²) in [6.45, 7) is 5.69. The summed E-state index contributed by atoms with van der Waals surface area (Å²) in [7, 11) is 0. The number of hydrogen-bond acceptors (Lipinski definition) is 4. The Labute approximate surface area is 164 Å². The van der Waals surface area contributed by atoms with Gasteiger partial charge in [-0.05, 0) is 67.9 Å². The number of hydrogen-bond donors (Lipinski definition) is 3. The largest absolute Gasteiger partial charge is 0.481 e. The maximum Gasteiger partial charge on any atom is 0.279 e. The summed E-state index contributed by atoms with van der Waals surface area (Å²) in [5, 5.41) is 12.2. The Balaban J connectivity index is 1.87. The van der Waals surface area contributed by atoms with E-state index in [1.54, 1.807) is 31.2 Å². The first-order chi connectivity index (χ1) is 12.9. The van der Waals surface area contributed by atoms with Gasteiger partial charge in [0.2, 0.25) is 0 Å². The van der Waals surface area contributed by atoms with Gasteiger partial charge in [-0.25, -0.2) is 0 Å². The molecule has 27 heavy (non-hydrogen) atoms. The number of carbonyl (C=O) groups excluding carboxylic acids is 1. The van der Waals surface area contributed by atoms with Crippen LogP contribution >= 0.6 is 12.2 Å². The number of rotatable bonds is 5. The molecule has 0 fully saturated rings. The molecule has 0 aromatic heterocycles. The first kappa shape index (κ1) is 20.2. The van der Waals surface area contributed by atoms with Crippen LogP contribution in [0.2, 0.25) is 0 Å². The van der Waals surface area contributed by atoms with Gasteiger partial charge in [0, 0.05) is 5.69 Å². The molecule has 0 aliphatic rings. The smallest absolute Gasteiger partial charge is 0.279 e. The molecule has 0 bridgehead atoms. The predicted molar refractivity (Wildman–Crippen MR) is 109 cm³/mol. The molecule has 1 atom stereocenters. The van der Waals surface area contributed by atoms with Gasteiger partial charge in [-0.15, -0.1) is 0 Å². The normalized spacial score (nSPS) is 11.0. The number of anilines is 1. The molecule has 0 aliphatic heterocycles. The predicted octanol–water partition coefficient (Wildman–Crippen LogP) is 3.21. The molecule has 140 valence electrons. The third-order valence-electron chi connectivity index (χ3n) is 3.94. The molecule has 0 aliphatic carbocycles. The first-order valence-corrected chi connectivity index (χ1v) is 8.97. The number of nitrogens with one attached hydrogen (secondary N) is 3. The van der Waals surface area contributed by atoms with Gasteiger partial charge in [0.05, 0.1) is 11.6 Å². The molecule has 0 unspecified atom stereocenters. The van der Waals surface area contributed by atoms with Crippen LogP contribution in [0.25, 0.3) is 0 Å². The third-order valence-corrected chi connectivity index (χ3v) is 4.15. The molecular formula is C20H22N4O2S. The zero-order valence-electron chi connectivity index (χ0n) is 15.5. The van der Waals surface area contributed by atoms with E-state index < -0.39 is 6.10 Å². The van der Waals surface area contributed by atoms with Crippen LogP contribution < -0.4 is 20.9 Å². The molecule has 2 aromatic carbocycles. The van der Waals surface area contributed by atoms with E-state index in [0.717, 1.165) is 23.2 Å². The highest BCUT2D eigenvalue weighted by Crippen LogP contribution is 2.20. The maximum absolute atomic E-state index is 12.2. The number of carbonyl (C=O) groups is 1. The second kappa shape index (κ2) is 9.55. The summed E-state index contributed by atoms with van der Waals surface area (Å²) in [5.74, 6) is 0.133. The van der Waals surface area contributed by atoms with Crippen molar-refractivity contribution in [1.29, 1.82) is 5.26 Å². The van der Waals surface area contributed by atoms with E-state index in [-0.39, 0.29) is 11.0 Å². The highest BCUT2D eigenvalue weighted by atomic mass is 32.1. The van der Waals surface area contributed by atoms with Crippen molar-refractivity contribution in [2.24, 2.45) is 0 Å². The molecule has 7 heteroatoms. The molecule has 3 N–H and O–H groups in total. The van der Waals surface area contributed by atoms with Crippen LogP contribution in [-0.2, 0) is 11.2 Å². The van der Waals surface area contributed by atoms with Crippen molar-refractivity contribution in [3.05, 3.63) is 59.2 Å². The molecule has 1 amide bonds. The van der Waals surface area contributed by atoms with Crippen LogP contribution in [-0.4, -0.2) is 17.1 Å². The quantitative estimate of drug-likeness (QED) is 0.544. The fourth-order valence-electron chi connectivity index (χ4n) is 2.43. The van der Waals surface area contributed by atoms with Gasteiger partial charge in [0.25, 0.3) is 5.91 Å². The Morgan fingerprint density at radius 1 is 1.22 bits per heavy atom. The lowest BCUT2D eigenvalue weighted by Gasteiger charge is -2.18. The average molecular weight is 382 g/mol. The number of ether oxygens (including phenoxy) is 1. The van der Waals surface area contributed by atoms with Crippen molar-refractivity contribution < 1.29 is 9.53 Å². The van der Waals surface area contributed by atoms with Crippen LogP contribution in [0.4, 0.5) is 5.69 Å². The van der Waals surface area contributed by atoms with E-state index in [1.807, 2.05) is 31.2 Å². The van der Waals surface area contributed by atoms with Crippen LogP contribution in [0.3, 0.4) is 0 Å². The molecule has 2 rings (SSSR count). The fraction of sp³-hybridized carbons (Fsp3) is 0.250. The third kappa shape index (κ3) is 5.69. The minimum atomic E-state index is -0.738. The number of amides is 1. The highest BCUT2D eigenvalue weighted by molar-refractivity contribution is 7.80. The standard InChI is InChI=1S/C20H22N4O2S/c1-4-16-7-5-6-13(2)18(16)22-20(27)24-23-19(25)14(3)26-17-10-8-15(12-21)9-11-17/h5-11,14H,4H2,1-3H3,(H,23,25)(H2,22,24,27)/t14-/m1/s1. The van der Waals surface area contributed by atoms with Crippen molar-refractivity contribution in [2.45, 2.75) is 33.3 Å². The molecular weight excluding hydrogens is 360 g/mol. The SMILES string of the molecule is CCc1cccc(C)c1NC(=S)NNC(=O)[C@@H](C)Oc1ccc(C#N)cc1. The van der Waals surface area contributed by atoms with Gasteiger partial charge in [0.1, 0.15) is 5.75 Å². The van der Waals surface area contributed by atoms with Gasteiger partial charge in [-0.3, -0.25) is 15.6 Å². The van der Waals surface area contributed by atoms with Crippen LogP contribution in [0, 0.1) is 18.3 Å². The lowest BCUT2D eigenvalue weighted by Crippen LogP contribution is -2.48. The van der Waals surface area contributed by atoms with Crippen LogP contribution in [0.15, 0.2) is 42.5 Å². The van der Waals surface area contributed by atoms with Crippen molar-refractivity contribution >= 4 is 28.9 Å². The topological polar surface area (TPSA) is 86.2 Å². The monoisotopic (exact) mass is 382 g/mol. The average Bonchev–Trinajstić information content (AvgIpc) is 2.68. The van der Waals surface area contributed by atoms with E-state index in [9.17, 15) is 4.79 Å². The van der Waals surface area contributed by atoms with Crippen molar-refractivity contribution in [3.8, 4) is 11.8 Å². The zero-order valence-corrected chi connectivity index (χ0v) is 16.3. The number of para-hydroxylation sites is 1. The summed E-state index contributed by atoms with van der Waals surface area (Å²) in [6, 6.07) is 14.6. The van der Waals surface area contributed by atoms with Crippen molar-refractivity contribution in [2.75, 3.05) is 5.32 Å². The van der Waals surface area contributed by atoms with E-state index in [4.69, 9.17) is 22.2 Å². The lowest BCUT2D eigenvalue weighted by molar-refractivity contribution is -0.127. The zero-order chi connectivity index (χ0) is 19.8. The maximum atomic E-state index is 12.2. The van der Waals surface area contributed by atoms with Crippen molar-refractivity contribution in [1.82, 2.24) is 10.9 Å². The molecule has 0 radical (unpaired) electrons. The first-order valence-electron chi connectivity index (χ1n) is 8.56. The second-order valence-corrected chi connectivity index (χ2v) is 6.34. The second-order valence-electron chi connectivity index (χ2n) is 5.93. The fourth-order valence-corrected chi connectivity index (χ4v) is 2.59. The molecule has 6 nitrogen and oxygen atoms in total. The molecule has 0 spiro atoms. The molecule has 0 saturated carbocycles. The van der Waals surface area contributed by atoms with Crippen LogP contribution in [0.5, 0.6) is 5.75 Å². The number of aryl methyl sites for hydroxylation is 2.